The van der Waals surface area contributed by atoms with Crippen LogP contribution in [0, 0.1) is 0 Å². The summed E-state index contributed by atoms with van der Waals surface area (Å²) in [6.07, 6.45) is 1.29. The summed E-state index contributed by atoms with van der Waals surface area (Å²) in [4.78, 5) is 38.3. The van der Waals surface area contributed by atoms with E-state index in [1.165, 1.54) is 6.08 Å². The van der Waals surface area contributed by atoms with Gasteiger partial charge in [-0.05, 0) is 60.7 Å². The second kappa shape index (κ2) is 8.10. The topological polar surface area (TPSA) is 79.6 Å². The Kier molecular flexibility index (Phi) is 5.51. The molecular weight excluding hydrogens is 495 g/mol. The van der Waals surface area contributed by atoms with E-state index in [-0.39, 0.29) is 11.3 Å². The Bertz CT molecular complexity index is 1220. The first kappa shape index (κ1) is 20.4. The lowest BCUT2D eigenvalue weighted by Crippen LogP contribution is -2.54. The molecule has 1 aromatic heterocycles. The Morgan fingerprint density at radius 2 is 1.67 bits per heavy atom. The van der Waals surface area contributed by atoms with Crippen LogP contribution in [0.4, 0.5) is 10.5 Å². The molecule has 0 aliphatic carbocycles. The molecule has 2 heterocycles. The summed E-state index contributed by atoms with van der Waals surface area (Å²) in [5.74, 6) is -0.811. The van der Waals surface area contributed by atoms with Crippen molar-refractivity contribution in [1.29, 1.82) is 0 Å². The van der Waals surface area contributed by atoms with Crippen molar-refractivity contribution in [2.45, 2.75) is 0 Å². The highest BCUT2D eigenvalue weighted by atomic mass is 79.9. The van der Waals surface area contributed by atoms with Crippen LogP contribution in [0.25, 0.3) is 17.4 Å². The monoisotopic (exact) mass is 504 g/mol. The minimum atomic E-state index is -0.819. The maximum absolute atomic E-state index is 12.9. The lowest BCUT2D eigenvalue weighted by Gasteiger charge is -2.26. The van der Waals surface area contributed by atoms with E-state index in [1.807, 2.05) is 0 Å². The van der Waals surface area contributed by atoms with Gasteiger partial charge in [0.15, 0.2) is 0 Å². The van der Waals surface area contributed by atoms with E-state index in [2.05, 4.69) is 21.2 Å². The number of furan rings is 1. The number of carbonyl (C=O) groups is 3. The molecule has 6 nitrogen and oxygen atoms in total. The molecule has 0 spiro atoms. The number of hydrogen-bond donors (Lipinski definition) is 1. The van der Waals surface area contributed by atoms with Crippen LogP contribution in [-0.4, -0.2) is 17.8 Å². The van der Waals surface area contributed by atoms with Gasteiger partial charge in [0.05, 0.1) is 15.7 Å². The van der Waals surface area contributed by atoms with Crippen LogP contribution in [0.3, 0.4) is 0 Å². The van der Waals surface area contributed by atoms with E-state index in [4.69, 9.17) is 27.6 Å². The number of rotatable bonds is 3. The van der Waals surface area contributed by atoms with Gasteiger partial charge in [0.1, 0.15) is 17.1 Å². The fraction of sp³-hybridized carbons (Fsp3) is 0. The van der Waals surface area contributed by atoms with Crippen molar-refractivity contribution in [2.75, 3.05) is 4.90 Å². The number of imide groups is 2. The molecule has 150 valence electrons. The van der Waals surface area contributed by atoms with E-state index in [0.29, 0.717) is 27.1 Å². The summed E-state index contributed by atoms with van der Waals surface area (Å²) >= 11 is 15.3. The van der Waals surface area contributed by atoms with Gasteiger partial charge in [-0.1, -0.05) is 39.1 Å². The smallest absolute Gasteiger partial charge is 0.335 e. The van der Waals surface area contributed by atoms with Crippen molar-refractivity contribution >= 4 is 68.7 Å². The van der Waals surface area contributed by atoms with Gasteiger partial charge in [-0.15, -0.1) is 0 Å². The summed E-state index contributed by atoms with van der Waals surface area (Å²) in [7, 11) is 0. The second-order valence-electron chi connectivity index (χ2n) is 6.27. The molecule has 1 saturated heterocycles. The van der Waals surface area contributed by atoms with E-state index in [1.54, 1.807) is 54.6 Å². The highest BCUT2D eigenvalue weighted by Crippen LogP contribution is 2.30. The van der Waals surface area contributed by atoms with Crippen LogP contribution in [0.15, 0.2) is 69.1 Å². The Hall–Kier alpha value is -2.87. The Balaban J connectivity index is 1.67. The van der Waals surface area contributed by atoms with Gasteiger partial charge in [-0.2, -0.15) is 0 Å². The van der Waals surface area contributed by atoms with Crippen LogP contribution in [0.2, 0.25) is 10.0 Å². The summed E-state index contributed by atoms with van der Waals surface area (Å²) in [6, 6.07) is 14.0. The molecule has 30 heavy (non-hydrogen) atoms. The number of hydrogen-bond acceptors (Lipinski definition) is 4. The molecule has 1 aliphatic rings. The van der Waals surface area contributed by atoms with E-state index in [0.717, 1.165) is 9.37 Å². The molecule has 0 unspecified atom stereocenters. The zero-order chi connectivity index (χ0) is 21.4. The van der Waals surface area contributed by atoms with E-state index < -0.39 is 17.8 Å². The summed E-state index contributed by atoms with van der Waals surface area (Å²) in [5.41, 5.74) is 0.780. The highest BCUT2D eigenvalue weighted by molar-refractivity contribution is 9.10. The average molecular weight is 506 g/mol. The van der Waals surface area contributed by atoms with Gasteiger partial charge < -0.3 is 4.42 Å². The predicted molar refractivity (Wildman–Crippen MR) is 117 cm³/mol. The largest absolute Gasteiger partial charge is 0.457 e. The number of benzene rings is 2. The summed E-state index contributed by atoms with van der Waals surface area (Å²) in [6.45, 7) is 0. The number of amides is 4. The summed E-state index contributed by atoms with van der Waals surface area (Å²) < 4.78 is 6.51. The first-order valence-corrected chi connectivity index (χ1v) is 10.1. The molecule has 3 aromatic rings. The lowest BCUT2D eigenvalue weighted by molar-refractivity contribution is -0.122. The third-order valence-corrected chi connectivity index (χ3v) is 5.57. The van der Waals surface area contributed by atoms with Gasteiger partial charge >= 0.3 is 6.03 Å². The van der Waals surface area contributed by atoms with Crippen molar-refractivity contribution < 1.29 is 18.8 Å². The molecule has 2 aromatic carbocycles. The van der Waals surface area contributed by atoms with Crippen molar-refractivity contribution in [1.82, 2.24) is 5.32 Å². The molecule has 1 fully saturated rings. The molecule has 9 heteroatoms. The Morgan fingerprint density at radius 3 is 2.37 bits per heavy atom. The maximum Gasteiger partial charge on any atom is 0.335 e. The van der Waals surface area contributed by atoms with Gasteiger partial charge in [0, 0.05) is 10.0 Å². The number of carbonyl (C=O) groups excluding carboxylic acids is 3. The maximum atomic E-state index is 12.9. The molecular formula is C21H11BrCl2N2O4. The standard InChI is InChI=1S/C21H11BrCl2N2O4/c22-12-2-4-13(5-3-12)26-20(28)15(19(27)25-21(26)29)10-14-6-8-18(30-14)11-1-7-16(23)17(24)9-11/h1-10H,(H,25,27,29)/b15-10+. The molecule has 0 radical (unpaired) electrons. The summed E-state index contributed by atoms with van der Waals surface area (Å²) in [5, 5.41) is 2.95. The molecule has 4 rings (SSSR count). The van der Waals surface area contributed by atoms with Crippen molar-refractivity contribution in [3.05, 3.63) is 80.4 Å². The predicted octanol–water partition coefficient (Wildman–Crippen LogP) is 5.68. The van der Waals surface area contributed by atoms with Crippen LogP contribution >= 0.6 is 39.1 Å². The SMILES string of the molecule is O=C1NC(=O)N(c2ccc(Br)cc2)C(=O)/C1=C/c1ccc(-c2ccc(Cl)c(Cl)c2)o1. The first-order chi connectivity index (χ1) is 14.3. The van der Waals surface area contributed by atoms with Gasteiger partial charge in [0.25, 0.3) is 11.8 Å². The first-order valence-electron chi connectivity index (χ1n) is 8.56. The Morgan fingerprint density at radius 1 is 0.933 bits per heavy atom. The number of nitrogens with one attached hydrogen (secondary N) is 1. The second-order valence-corrected chi connectivity index (χ2v) is 8.00. The molecule has 0 saturated carbocycles. The third-order valence-electron chi connectivity index (χ3n) is 4.30. The van der Waals surface area contributed by atoms with Crippen LogP contribution < -0.4 is 10.2 Å². The molecule has 0 bridgehead atoms. The fourth-order valence-corrected chi connectivity index (χ4v) is 3.42. The van der Waals surface area contributed by atoms with Gasteiger partial charge in [-0.3, -0.25) is 14.9 Å². The van der Waals surface area contributed by atoms with Gasteiger partial charge in [0.2, 0.25) is 0 Å². The Labute approximate surface area is 189 Å². The zero-order valence-corrected chi connectivity index (χ0v) is 18.1. The minimum Gasteiger partial charge on any atom is -0.457 e. The minimum absolute atomic E-state index is 0.229. The molecule has 0 atom stereocenters. The average Bonchev–Trinajstić information content (AvgIpc) is 3.17. The fourth-order valence-electron chi connectivity index (χ4n) is 2.86. The van der Waals surface area contributed by atoms with Gasteiger partial charge in [-0.25, -0.2) is 9.69 Å². The van der Waals surface area contributed by atoms with Crippen LogP contribution in [-0.2, 0) is 9.59 Å². The van der Waals surface area contributed by atoms with Crippen molar-refractivity contribution in [2.24, 2.45) is 0 Å². The quantitative estimate of drug-likeness (QED) is 0.366. The number of nitrogens with zero attached hydrogens (tertiary/aromatic N) is 1. The number of halogens is 3. The number of barbiturate groups is 1. The van der Waals surface area contributed by atoms with E-state index in [9.17, 15) is 14.4 Å². The number of urea groups is 1. The van der Waals surface area contributed by atoms with Crippen molar-refractivity contribution in [3.8, 4) is 11.3 Å². The molecule has 4 amide bonds. The zero-order valence-electron chi connectivity index (χ0n) is 15.0. The molecule has 1 N–H and O–H groups in total. The van der Waals surface area contributed by atoms with E-state index >= 15 is 0 Å². The lowest BCUT2D eigenvalue weighted by atomic mass is 10.1. The third kappa shape index (κ3) is 3.92. The van der Waals surface area contributed by atoms with Crippen LogP contribution in [0.5, 0.6) is 0 Å². The highest BCUT2D eigenvalue weighted by Gasteiger charge is 2.37. The van der Waals surface area contributed by atoms with Crippen molar-refractivity contribution in [3.63, 3.8) is 0 Å². The molecule has 1 aliphatic heterocycles. The van der Waals surface area contributed by atoms with Crippen LogP contribution in [0.1, 0.15) is 5.76 Å². The number of anilines is 1. The normalized spacial score (nSPS) is 15.6.